The topological polar surface area (TPSA) is 0 Å². The smallest absolute Gasteiger partial charge is 0.154 e. The molecule has 0 aliphatic rings. The van der Waals surface area contributed by atoms with Gasteiger partial charge in [0.1, 0.15) is 0 Å². The maximum atomic E-state index is 9.58. The normalized spacial score (nSPS) is 7.20. The largest absolute Gasteiger partial charge is 0.385 e. The van der Waals surface area contributed by atoms with Gasteiger partial charge >= 0.3 is 0 Å². The van der Waals surface area contributed by atoms with Gasteiger partial charge in [-0.25, -0.2) is 0 Å². The molecule has 1 radical (unpaired) electrons. The van der Waals surface area contributed by atoms with Gasteiger partial charge in [0.05, 0.1) is 0 Å². The Morgan fingerprint density at radius 2 is 1.00 bits per heavy atom. The fraction of sp³-hybridized carbons (Fsp3) is 0. The van der Waals surface area contributed by atoms with Gasteiger partial charge < -0.3 is 13.2 Å². The summed E-state index contributed by atoms with van der Waals surface area (Å²) in [5, 5.41) is 0. The molecule has 0 unspecified atom stereocenters. The maximum absolute atomic E-state index is 9.58. The summed E-state index contributed by atoms with van der Waals surface area (Å²) in [5.74, 6) is 0. The van der Waals surface area contributed by atoms with Crippen molar-refractivity contribution < 1.29 is 30.0 Å². The van der Waals surface area contributed by atoms with E-state index in [1.165, 1.54) is 0 Å². The molecule has 0 aliphatic carbocycles. The van der Waals surface area contributed by atoms with Crippen LogP contribution in [0.5, 0.6) is 0 Å². The third kappa shape index (κ3) is 258. The Kier molecular flexibility index (Phi) is 7.73. The van der Waals surface area contributed by atoms with E-state index in [4.69, 9.17) is 0 Å². The Morgan fingerprint density at radius 3 is 1.00 bits per heavy atom. The first-order valence-electron chi connectivity index (χ1n) is 0.567. The van der Waals surface area contributed by atoms with Crippen molar-refractivity contribution in [1.29, 1.82) is 0 Å². The Bertz CT molecular complexity index is 11.6. The van der Waals surface area contributed by atoms with Crippen LogP contribution in [0.25, 0.3) is 0 Å². The van der Waals surface area contributed by atoms with Crippen molar-refractivity contribution in [2.45, 2.75) is 0 Å². The predicted octanol–water partition coefficient (Wildman–Crippen LogP) is 1.34. The van der Waals surface area contributed by atoms with Crippen LogP contribution < -0.4 is 0 Å². The molecule has 0 saturated heterocycles. The van der Waals surface area contributed by atoms with Crippen LogP contribution in [0.3, 0.4) is 0 Å². The molecule has 0 spiro atoms. The van der Waals surface area contributed by atoms with E-state index >= 15 is 0 Å². The Hall–Kier alpha value is 0.296. The Balaban J connectivity index is 0. The van der Waals surface area contributed by atoms with Crippen LogP contribution in [0.1, 0.15) is 0 Å². The van der Waals surface area contributed by atoms with Gasteiger partial charge in [-0.2, -0.15) is 0 Å². The van der Waals surface area contributed by atoms with Crippen molar-refractivity contribution in [2.75, 3.05) is 0 Å². The monoisotopic (exact) mass is 128 g/mol. The molecule has 0 bridgehead atoms. The molecule has 0 aromatic carbocycles. The van der Waals surface area contributed by atoms with Gasteiger partial charge in [-0.3, -0.25) is 0 Å². The van der Waals surface area contributed by atoms with Gasteiger partial charge in [0, 0.05) is 16.8 Å². The quantitative estimate of drug-likeness (QED) is 0.431. The van der Waals surface area contributed by atoms with Crippen molar-refractivity contribution >= 4 is 0 Å². The standard InChI is InChI=1S/CF3.Co/c2-1(3)4;/q-1;. The van der Waals surface area contributed by atoms with Crippen LogP contribution in [-0.4, -0.2) is 0 Å². The van der Waals surface area contributed by atoms with Gasteiger partial charge in [0.2, 0.25) is 0 Å². The second-order valence-corrected chi connectivity index (χ2v) is 0.214. The minimum absolute atomic E-state index is 0. The van der Waals surface area contributed by atoms with E-state index in [2.05, 4.69) is 0 Å². The molecule has 0 aliphatic heterocycles. The molecule has 5 heavy (non-hydrogen) atoms. The summed E-state index contributed by atoms with van der Waals surface area (Å²) >= 11 is 0. The summed E-state index contributed by atoms with van der Waals surface area (Å²) in [6, 6.07) is 0. The number of hydrogen-bond acceptors (Lipinski definition) is 0. The van der Waals surface area contributed by atoms with Gasteiger partial charge in [-0.15, -0.1) is 0 Å². The van der Waals surface area contributed by atoms with Crippen LogP contribution in [0, 0.1) is 6.68 Å². The van der Waals surface area contributed by atoms with Gasteiger partial charge in [-0.1, -0.05) is 0 Å². The maximum Gasteiger partial charge on any atom is 0.154 e. The van der Waals surface area contributed by atoms with Crippen molar-refractivity contribution in [3.63, 3.8) is 0 Å². The second kappa shape index (κ2) is 4.30. The fourth-order valence-electron chi connectivity index (χ4n) is 0. The molecular formula is CCoF3-. The summed E-state index contributed by atoms with van der Waals surface area (Å²) in [5.41, 5.74) is 0. The van der Waals surface area contributed by atoms with Gasteiger partial charge in [-0.05, 0) is 0 Å². The minimum atomic E-state index is -3.08. The Morgan fingerprint density at radius 1 is 1.00 bits per heavy atom. The number of rotatable bonds is 0. The SMILES string of the molecule is F[C-](F)F.[Co]. The zero-order chi connectivity index (χ0) is 3.58. The van der Waals surface area contributed by atoms with E-state index in [0.29, 0.717) is 0 Å². The minimum Gasteiger partial charge on any atom is -0.385 e. The van der Waals surface area contributed by atoms with Gasteiger partial charge in [0.25, 0.3) is 0 Å². The van der Waals surface area contributed by atoms with Crippen LogP contribution in [0.4, 0.5) is 13.2 Å². The molecule has 0 fully saturated rings. The summed E-state index contributed by atoms with van der Waals surface area (Å²) in [7, 11) is 0. The molecule has 0 aromatic rings. The molecule has 0 rings (SSSR count). The third-order valence-electron chi connectivity index (χ3n) is 0. The molecule has 35 valence electrons. The number of hydrogen-bond donors (Lipinski definition) is 0. The first-order chi connectivity index (χ1) is 1.73. The molecule has 0 amide bonds. The first kappa shape index (κ1) is 9.00. The average molecular weight is 128 g/mol. The van der Waals surface area contributed by atoms with Crippen LogP contribution >= 0.6 is 0 Å². The van der Waals surface area contributed by atoms with E-state index in [-0.39, 0.29) is 16.8 Å². The molecule has 0 nitrogen and oxygen atoms in total. The summed E-state index contributed by atoms with van der Waals surface area (Å²) < 4.78 is 28.8. The molecule has 0 saturated carbocycles. The van der Waals surface area contributed by atoms with E-state index in [0.717, 1.165) is 0 Å². The molecule has 4 heteroatoms. The van der Waals surface area contributed by atoms with E-state index in [1.807, 2.05) is 0 Å². The second-order valence-electron chi connectivity index (χ2n) is 0.214. The van der Waals surface area contributed by atoms with Crippen molar-refractivity contribution in [3.05, 3.63) is 6.68 Å². The average Bonchev–Trinajstić information content (AvgIpc) is 0.811. The van der Waals surface area contributed by atoms with E-state index in [9.17, 15) is 13.2 Å². The molecule has 0 aromatic heterocycles. The summed E-state index contributed by atoms with van der Waals surface area (Å²) in [4.78, 5) is 0. The summed E-state index contributed by atoms with van der Waals surface area (Å²) in [6.07, 6.45) is 0. The third-order valence-corrected chi connectivity index (χ3v) is 0. The number of halogens is 3. The van der Waals surface area contributed by atoms with Crippen molar-refractivity contribution in [3.8, 4) is 0 Å². The van der Waals surface area contributed by atoms with Crippen LogP contribution in [-0.2, 0) is 16.8 Å². The van der Waals surface area contributed by atoms with Crippen LogP contribution in [0.15, 0.2) is 0 Å². The Labute approximate surface area is 37.6 Å². The van der Waals surface area contributed by atoms with Crippen molar-refractivity contribution in [2.24, 2.45) is 0 Å². The summed E-state index contributed by atoms with van der Waals surface area (Å²) in [6.45, 7) is -3.08. The van der Waals surface area contributed by atoms with Gasteiger partial charge in [0.15, 0.2) is 6.68 Å². The molecule has 0 heterocycles. The van der Waals surface area contributed by atoms with Crippen molar-refractivity contribution in [1.82, 2.24) is 0 Å². The first-order valence-corrected chi connectivity index (χ1v) is 0.567. The zero-order valence-electron chi connectivity index (χ0n) is 1.97. The zero-order valence-corrected chi connectivity index (χ0v) is 3.01. The van der Waals surface area contributed by atoms with E-state index in [1.54, 1.807) is 0 Å². The predicted molar refractivity (Wildman–Crippen MR) is 6.57 cm³/mol. The van der Waals surface area contributed by atoms with Crippen LogP contribution in [0.2, 0.25) is 0 Å². The molecular weight excluding hydrogens is 128 g/mol. The fourth-order valence-corrected chi connectivity index (χ4v) is 0. The molecule has 0 N–H and O–H groups in total. The van der Waals surface area contributed by atoms with E-state index < -0.39 is 6.68 Å². The molecule has 0 atom stereocenters.